The zero-order chi connectivity index (χ0) is 21.0. The average molecular weight is 410 g/mol. The first-order valence-corrected chi connectivity index (χ1v) is 11.3. The number of nitrogens with one attached hydrogen (secondary N) is 1. The van der Waals surface area contributed by atoms with Crippen molar-refractivity contribution in [2.75, 3.05) is 33.3 Å². The molecule has 2 aliphatic rings. The van der Waals surface area contributed by atoms with Gasteiger partial charge in [-0.15, -0.1) is 0 Å². The van der Waals surface area contributed by atoms with Gasteiger partial charge in [0.1, 0.15) is 5.75 Å². The average Bonchev–Trinajstić information content (AvgIpc) is 3.52. The number of methoxy groups -OCH3 is 1. The molecule has 1 saturated heterocycles. The fourth-order valence-electron chi connectivity index (χ4n) is 5.17. The van der Waals surface area contributed by atoms with Gasteiger partial charge in [0.2, 0.25) is 0 Å². The maximum absolute atomic E-state index is 5.72. The molecular weight excluding hydrogens is 374 g/mol. The van der Waals surface area contributed by atoms with Crippen molar-refractivity contribution < 1.29 is 4.74 Å². The summed E-state index contributed by atoms with van der Waals surface area (Å²) in [6, 6.07) is 8.51. The van der Waals surface area contributed by atoms with Crippen molar-refractivity contribution in [3.8, 4) is 5.75 Å². The molecule has 1 aliphatic carbocycles. The molecule has 6 heteroatoms. The molecule has 0 amide bonds. The van der Waals surface area contributed by atoms with Crippen LogP contribution < -0.4 is 10.1 Å². The Bertz CT molecular complexity index is 868. The Kier molecular flexibility index (Phi) is 6.30. The first-order valence-electron chi connectivity index (χ1n) is 11.3. The monoisotopic (exact) mass is 409 g/mol. The third-order valence-electron chi connectivity index (χ3n) is 6.79. The molecule has 1 aromatic carbocycles. The van der Waals surface area contributed by atoms with E-state index in [0.29, 0.717) is 5.92 Å². The lowest BCUT2D eigenvalue weighted by molar-refractivity contribution is 0.376. The smallest absolute Gasteiger partial charge is 0.193 e. The van der Waals surface area contributed by atoms with Crippen molar-refractivity contribution in [1.29, 1.82) is 0 Å². The summed E-state index contributed by atoms with van der Waals surface area (Å²) in [6.45, 7) is 5.88. The van der Waals surface area contributed by atoms with Gasteiger partial charge in [0.05, 0.1) is 19.9 Å². The van der Waals surface area contributed by atoms with E-state index >= 15 is 0 Å². The minimum Gasteiger partial charge on any atom is -0.496 e. The Morgan fingerprint density at radius 1 is 1.30 bits per heavy atom. The summed E-state index contributed by atoms with van der Waals surface area (Å²) in [7, 11) is 3.76. The molecule has 1 unspecified atom stereocenters. The van der Waals surface area contributed by atoms with Gasteiger partial charge >= 0.3 is 0 Å². The molecule has 2 fully saturated rings. The van der Waals surface area contributed by atoms with Crippen molar-refractivity contribution in [3.05, 3.63) is 47.8 Å². The van der Waals surface area contributed by atoms with Crippen LogP contribution in [0.3, 0.4) is 0 Å². The number of hydrogen-bond acceptors (Lipinski definition) is 3. The SMILES string of the molecule is CCNC(=NCC1(c2ccccc2OC)CCCC1)N1CCC(c2cnn(C)c2)C1. The summed E-state index contributed by atoms with van der Waals surface area (Å²) >= 11 is 0. The Morgan fingerprint density at radius 2 is 2.10 bits per heavy atom. The van der Waals surface area contributed by atoms with E-state index in [1.807, 2.05) is 17.9 Å². The van der Waals surface area contributed by atoms with Crippen LogP contribution in [0.1, 0.15) is 56.1 Å². The van der Waals surface area contributed by atoms with Crippen LogP contribution in [0.2, 0.25) is 0 Å². The topological polar surface area (TPSA) is 54.7 Å². The van der Waals surface area contributed by atoms with E-state index in [1.54, 1.807) is 7.11 Å². The highest BCUT2D eigenvalue weighted by Crippen LogP contribution is 2.45. The molecule has 1 saturated carbocycles. The first kappa shape index (κ1) is 20.8. The number of likely N-dealkylation sites (tertiary alicyclic amines) is 1. The Balaban J connectivity index is 1.54. The van der Waals surface area contributed by atoms with Crippen molar-refractivity contribution in [3.63, 3.8) is 0 Å². The number of para-hydroxylation sites is 1. The number of nitrogens with zero attached hydrogens (tertiary/aromatic N) is 4. The Morgan fingerprint density at radius 3 is 2.80 bits per heavy atom. The fraction of sp³-hybridized carbons (Fsp3) is 0.583. The molecule has 0 spiro atoms. The van der Waals surface area contributed by atoms with Gasteiger partial charge in [-0.1, -0.05) is 31.0 Å². The zero-order valence-electron chi connectivity index (χ0n) is 18.6. The number of benzene rings is 1. The number of aliphatic imine (C=N–C) groups is 1. The van der Waals surface area contributed by atoms with Gasteiger partial charge in [0, 0.05) is 49.8 Å². The van der Waals surface area contributed by atoms with Crippen LogP contribution in [0.15, 0.2) is 41.7 Å². The van der Waals surface area contributed by atoms with E-state index in [1.165, 1.54) is 36.8 Å². The maximum atomic E-state index is 5.72. The van der Waals surface area contributed by atoms with Crippen LogP contribution >= 0.6 is 0 Å². The van der Waals surface area contributed by atoms with E-state index in [4.69, 9.17) is 9.73 Å². The van der Waals surface area contributed by atoms with Crippen molar-refractivity contribution >= 4 is 5.96 Å². The molecule has 2 heterocycles. The zero-order valence-corrected chi connectivity index (χ0v) is 18.6. The van der Waals surface area contributed by atoms with Crippen LogP contribution in [-0.4, -0.2) is 53.9 Å². The predicted molar refractivity (Wildman–Crippen MR) is 121 cm³/mol. The molecule has 30 heavy (non-hydrogen) atoms. The van der Waals surface area contributed by atoms with E-state index < -0.39 is 0 Å². The third kappa shape index (κ3) is 4.18. The molecule has 1 atom stereocenters. The van der Waals surface area contributed by atoms with Gasteiger partial charge in [0.25, 0.3) is 0 Å². The molecule has 0 bridgehead atoms. The minimum atomic E-state index is 0.0791. The Hall–Kier alpha value is -2.50. The summed E-state index contributed by atoms with van der Waals surface area (Å²) < 4.78 is 7.62. The molecule has 2 aromatic rings. The van der Waals surface area contributed by atoms with Crippen LogP contribution in [0.5, 0.6) is 5.75 Å². The number of rotatable bonds is 6. The normalized spacial score (nSPS) is 21.2. The highest BCUT2D eigenvalue weighted by Gasteiger charge is 2.38. The quantitative estimate of drug-likeness (QED) is 0.584. The lowest BCUT2D eigenvalue weighted by Gasteiger charge is -2.31. The van der Waals surface area contributed by atoms with Gasteiger partial charge in [-0.2, -0.15) is 5.10 Å². The van der Waals surface area contributed by atoms with E-state index in [2.05, 4.69) is 52.7 Å². The number of aromatic nitrogens is 2. The van der Waals surface area contributed by atoms with Gasteiger partial charge in [-0.05, 0) is 37.8 Å². The van der Waals surface area contributed by atoms with E-state index in [9.17, 15) is 0 Å². The van der Waals surface area contributed by atoms with Gasteiger partial charge in [-0.3, -0.25) is 9.67 Å². The highest BCUT2D eigenvalue weighted by molar-refractivity contribution is 5.80. The van der Waals surface area contributed by atoms with Gasteiger partial charge < -0.3 is 15.0 Å². The van der Waals surface area contributed by atoms with E-state index in [-0.39, 0.29) is 5.41 Å². The predicted octanol–water partition coefficient (Wildman–Crippen LogP) is 3.70. The lowest BCUT2D eigenvalue weighted by atomic mass is 9.78. The van der Waals surface area contributed by atoms with Gasteiger partial charge in [-0.25, -0.2) is 0 Å². The second-order valence-corrected chi connectivity index (χ2v) is 8.74. The van der Waals surface area contributed by atoms with Crippen molar-refractivity contribution in [2.45, 2.75) is 50.4 Å². The van der Waals surface area contributed by atoms with Crippen LogP contribution in [0.25, 0.3) is 0 Å². The summed E-state index contributed by atoms with van der Waals surface area (Å²) in [4.78, 5) is 7.61. The van der Waals surface area contributed by atoms with Crippen LogP contribution in [0, 0.1) is 0 Å². The second-order valence-electron chi connectivity index (χ2n) is 8.74. The van der Waals surface area contributed by atoms with Gasteiger partial charge in [0.15, 0.2) is 5.96 Å². The van der Waals surface area contributed by atoms with Crippen molar-refractivity contribution in [2.24, 2.45) is 12.0 Å². The standard InChI is InChI=1S/C24H35N5O/c1-4-25-23(29-14-11-19(17-29)20-15-27-28(2)16-20)26-18-24(12-7-8-13-24)21-9-5-6-10-22(21)30-3/h5-6,9-10,15-16,19H,4,7-8,11-14,17-18H2,1-3H3,(H,25,26). The maximum Gasteiger partial charge on any atom is 0.193 e. The molecular formula is C24H35N5O. The first-order chi connectivity index (χ1) is 14.6. The fourth-order valence-corrected chi connectivity index (χ4v) is 5.17. The largest absolute Gasteiger partial charge is 0.496 e. The number of guanidine groups is 1. The van der Waals surface area contributed by atoms with Crippen molar-refractivity contribution in [1.82, 2.24) is 20.0 Å². The lowest BCUT2D eigenvalue weighted by Crippen LogP contribution is -2.41. The summed E-state index contributed by atoms with van der Waals surface area (Å²) in [5, 5.41) is 7.90. The molecule has 1 aromatic heterocycles. The molecule has 1 N–H and O–H groups in total. The highest BCUT2D eigenvalue weighted by atomic mass is 16.5. The summed E-state index contributed by atoms with van der Waals surface area (Å²) in [6.07, 6.45) is 10.2. The minimum absolute atomic E-state index is 0.0791. The number of hydrogen-bond donors (Lipinski definition) is 1. The second kappa shape index (κ2) is 9.11. The third-order valence-corrected chi connectivity index (χ3v) is 6.79. The molecule has 0 radical (unpaired) electrons. The molecule has 6 nitrogen and oxygen atoms in total. The number of aryl methyl sites for hydroxylation is 1. The summed E-state index contributed by atoms with van der Waals surface area (Å²) in [5.41, 5.74) is 2.73. The summed E-state index contributed by atoms with van der Waals surface area (Å²) in [5.74, 6) is 2.57. The van der Waals surface area contributed by atoms with Crippen LogP contribution in [-0.2, 0) is 12.5 Å². The van der Waals surface area contributed by atoms with Crippen LogP contribution in [0.4, 0.5) is 0 Å². The van der Waals surface area contributed by atoms with E-state index in [0.717, 1.165) is 44.3 Å². The molecule has 1 aliphatic heterocycles. The molecule has 4 rings (SSSR count). The molecule has 162 valence electrons. The number of ether oxygens (including phenoxy) is 1. The Labute approximate surface area is 180 Å².